The van der Waals surface area contributed by atoms with Gasteiger partial charge in [0, 0.05) is 6.04 Å². The molecule has 0 aromatic heterocycles. The zero-order valence-corrected chi connectivity index (χ0v) is 23.3. The van der Waals surface area contributed by atoms with E-state index >= 15 is 0 Å². The molecular formula is C33H38BNO6. The number of benzene rings is 2. The number of aromatic hydroxyl groups is 1. The normalized spacial score (nSPS) is 27.3. The molecule has 4 aliphatic rings. The van der Waals surface area contributed by atoms with Gasteiger partial charge in [-0.15, -0.1) is 0 Å². The number of carbonyl (C=O) groups excluding carboxylic acids is 2. The van der Waals surface area contributed by atoms with Gasteiger partial charge in [0.1, 0.15) is 5.75 Å². The van der Waals surface area contributed by atoms with Gasteiger partial charge in [-0.2, -0.15) is 0 Å². The number of hydrogen-bond donors (Lipinski definition) is 3. The molecule has 2 amide bonds. The molecule has 2 aliphatic carbocycles. The van der Waals surface area contributed by atoms with Crippen LogP contribution in [0.3, 0.4) is 0 Å². The second kappa shape index (κ2) is 12.0. The number of aliphatic hydroxyl groups excluding tert-OH is 1. The molecule has 1 saturated carbocycles. The van der Waals surface area contributed by atoms with Gasteiger partial charge in [0.15, 0.2) is 0 Å². The molecule has 0 unspecified atom stereocenters. The quantitative estimate of drug-likeness (QED) is 0.196. The summed E-state index contributed by atoms with van der Waals surface area (Å²) in [7, 11) is -1.05. The highest BCUT2D eigenvalue weighted by atomic mass is 16.5. The highest BCUT2D eigenvalue weighted by molar-refractivity contribution is 6.43. The lowest BCUT2D eigenvalue weighted by molar-refractivity contribution is -0.143. The van der Waals surface area contributed by atoms with E-state index in [1.807, 2.05) is 48.5 Å². The molecule has 2 aromatic carbocycles. The van der Waals surface area contributed by atoms with Gasteiger partial charge in [0.2, 0.25) is 11.8 Å². The number of nitrogens with zero attached hydrogens (tertiary/aromatic N) is 1. The van der Waals surface area contributed by atoms with Gasteiger partial charge in [0.25, 0.3) is 0 Å². The number of phenols is 1. The van der Waals surface area contributed by atoms with E-state index in [1.165, 1.54) is 0 Å². The molecule has 3 fully saturated rings. The molecule has 2 saturated heterocycles. The third kappa shape index (κ3) is 5.53. The molecule has 2 heterocycles. The molecule has 0 spiro atoms. The van der Waals surface area contributed by atoms with Crippen molar-refractivity contribution in [3.05, 3.63) is 76.9 Å². The Bertz CT molecular complexity index is 1350. The number of allylic oxidation sites excluding steroid dienone is 1. The minimum atomic E-state index is -1.05. The van der Waals surface area contributed by atoms with E-state index in [0.717, 1.165) is 60.0 Å². The van der Waals surface area contributed by atoms with E-state index in [4.69, 9.17) is 4.65 Å². The van der Waals surface area contributed by atoms with Crippen LogP contribution in [0.5, 0.6) is 5.75 Å². The van der Waals surface area contributed by atoms with Gasteiger partial charge in [-0.1, -0.05) is 67.8 Å². The molecular weight excluding hydrogens is 517 g/mol. The molecule has 3 N–H and O–H groups in total. The molecule has 0 radical (unpaired) electrons. The summed E-state index contributed by atoms with van der Waals surface area (Å²) in [5.41, 5.74) is 4.64. The third-order valence-electron chi connectivity index (χ3n) is 9.50. The van der Waals surface area contributed by atoms with Crippen molar-refractivity contribution in [2.24, 2.45) is 17.8 Å². The SMILES string of the molecule is O=C1[C@@H]2[C@@H](CC(CO)=C3[C@@H](CC/C(=C/c4cccc(O)c4)c4ccccc4)OB(O)C[C@@H]32)C(=O)N1C1CCCCC1. The average Bonchev–Trinajstić information content (AvgIpc) is 3.24. The number of carbonyl (C=O) groups is 2. The van der Waals surface area contributed by atoms with Crippen LogP contribution in [0.15, 0.2) is 65.7 Å². The van der Waals surface area contributed by atoms with E-state index in [0.29, 0.717) is 19.3 Å². The third-order valence-corrected chi connectivity index (χ3v) is 9.50. The van der Waals surface area contributed by atoms with Crippen LogP contribution in [-0.4, -0.2) is 57.8 Å². The van der Waals surface area contributed by atoms with E-state index in [9.17, 15) is 24.8 Å². The Hall–Kier alpha value is -3.20. The Balaban J connectivity index is 1.29. The first kappa shape index (κ1) is 27.9. The van der Waals surface area contributed by atoms with Crippen molar-refractivity contribution in [2.45, 2.75) is 69.8 Å². The van der Waals surface area contributed by atoms with Gasteiger partial charge in [-0.25, -0.2) is 0 Å². The van der Waals surface area contributed by atoms with Crippen molar-refractivity contribution in [1.82, 2.24) is 4.90 Å². The Morgan fingerprint density at radius 2 is 1.78 bits per heavy atom. The van der Waals surface area contributed by atoms with Gasteiger partial charge in [-0.05, 0) is 84.3 Å². The molecule has 41 heavy (non-hydrogen) atoms. The minimum Gasteiger partial charge on any atom is -0.508 e. The molecule has 0 bridgehead atoms. The maximum absolute atomic E-state index is 13.9. The highest BCUT2D eigenvalue weighted by Crippen LogP contribution is 2.51. The summed E-state index contributed by atoms with van der Waals surface area (Å²) >= 11 is 0. The molecule has 214 valence electrons. The van der Waals surface area contributed by atoms with Crippen LogP contribution in [0.25, 0.3) is 11.6 Å². The maximum Gasteiger partial charge on any atom is 0.455 e. The summed E-state index contributed by atoms with van der Waals surface area (Å²) in [5, 5.41) is 31.3. The van der Waals surface area contributed by atoms with Crippen LogP contribution in [-0.2, 0) is 14.2 Å². The van der Waals surface area contributed by atoms with Crippen molar-refractivity contribution < 1.29 is 29.5 Å². The van der Waals surface area contributed by atoms with Crippen molar-refractivity contribution in [1.29, 1.82) is 0 Å². The maximum atomic E-state index is 13.9. The Morgan fingerprint density at radius 3 is 2.51 bits per heavy atom. The van der Waals surface area contributed by atoms with Crippen molar-refractivity contribution in [3.8, 4) is 5.75 Å². The summed E-state index contributed by atoms with van der Waals surface area (Å²) < 4.78 is 6.11. The summed E-state index contributed by atoms with van der Waals surface area (Å²) in [6.07, 6.45) is 8.24. The summed E-state index contributed by atoms with van der Waals surface area (Å²) in [4.78, 5) is 29.0. The Morgan fingerprint density at radius 1 is 1.00 bits per heavy atom. The first-order valence-electron chi connectivity index (χ1n) is 15.0. The van der Waals surface area contributed by atoms with E-state index < -0.39 is 25.1 Å². The molecule has 2 aromatic rings. The monoisotopic (exact) mass is 555 g/mol. The van der Waals surface area contributed by atoms with Crippen molar-refractivity contribution >= 4 is 30.6 Å². The van der Waals surface area contributed by atoms with Crippen LogP contribution in [0.2, 0.25) is 6.32 Å². The van der Waals surface area contributed by atoms with Crippen LogP contribution < -0.4 is 0 Å². The molecule has 8 heteroatoms. The van der Waals surface area contributed by atoms with Crippen molar-refractivity contribution in [2.75, 3.05) is 6.61 Å². The standard InChI is InChI=1S/C33H38BNO6/c36-20-24-18-27-31(33(39)35(32(27)38)25-11-5-2-6-12-25)28-19-34(40)41-29(30(24)28)15-14-23(22-9-3-1-4-10-22)16-21-8-7-13-26(37)17-21/h1,3-4,7-10,13,16-17,25,27-29,31,36-37,40H,2,5-6,11-12,14-15,18-20H2/b23-16-/t27-,28+,29-,31-/m1/s1. The Labute approximate surface area is 241 Å². The summed E-state index contributed by atoms with van der Waals surface area (Å²) in [6.45, 7) is -0.194. The van der Waals surface area contributed by atoms with E-state index in [1.54, 1.807) is 17.0 Å². The number of hydrogen-bond acceptors (Lipinski definition) is 6. The van der Waals surface area contributed by atoms with Crippen LogP contribution in [0.1, 0.15) is 62.5 Å². The number of rotatable bonds is 7. The van der Waals surface area contributed by atoms with Gasteiger partial charge in [0.05, 0.1) is 24.5 Å². The Kier molecular flexibility index (Phi) is 8.15. The van der Waals surface area contributed by atoms with E-state index in [2.05, 4.69) is 0 Å². The fourth-order valence-electron chi connectivity index (χ4n) is 7.69. The van der Waals surface area contributed by atoms with Gasteiger partial charge < -0.3 is 19.9 Å². The lowest BCUT2D eigenvalue weighted by Gasteiger charge is -2.43. The number of imide groups is 1. The van der Waals surface area contributed by atoms with E-state index in [-0.39, 0.29) is 42.5 Å². The number of amides is 2. The summed E-state index contributed by atoms with van der Waals surface area (Å²) in [5.74, 6) is -1.32. The second-order valence-electron chi connectivity index (χ2n) is 12.0. The van der Waals surface area contributed by atoms with Crippen LogP contribution in [0, 0.1) is 17.8 Å². The fraction of sp³-hybridized carbons (Fsp3) is 0.455. The zero-order valence-electron chi connectivity index (χ0n) is 23.3. The predicted octanol–water partition coefficient (Wildman–Crippen LogP) is 4.84. The topological polar surface area (TPSA) is 107 Å². The lowest BCUT2D eigenvalue weighted by atomic mass is 9.58. The fourth-order valence-corrected chi connectivity index (χ4v) is 7.69. The average molecular weight is 555 g/mol. The number of phenolic OH excluding ortho intramolecular Hbond substituents is 1. The van der Waals surface area contributed by atoms with Crippen LogP contribution >= 0.6 is 0 Å². The smallest absolute Gasteiger partial charge is 0.455 e. The predicted molar refractivity (Wildman–Crippen MR) is 157 cm³/mol. The zero-order chi connectivity index (χ0) is 28.5. The lowest BCUT2D eigenvalue weighted by Crippen LogP contribution is -2.47. The van der Waals surface area contributed by atoms with Gasteiger partial charge in [-0.3, -0.25) is 14.5 Å². The number of fused-ring (bicyclic) bond motifs is 3. The summed E-state index contributed by atoms with van der Waals surface area (Å²) in [6, 6.07) is 17.1. The molecule has 4 atom stereocenters. The van der Waals surface area contributed by atoms with Crippen LogP contribution in [0.4, 0.5) is 0 Å². The molecule has 2 aliphatic heterocycles. The van der Waals surface area contributed by atoms with Crippen molar-refractivity contribution in [3.63, 3.8) is 0 Å². The first-order chi connectivity index (χ1) is 19.9. The number of aliphatic hydroxyl groups is 1. The first-order valence-corrected chi connectivity index (χ1v) is 15.0. The minimum absolute atomic E-state index is 0.0353. The highest BCUT2D eigenvalue weighted by Gasteiger charge is 2.58. The number of likely N-dealkylation sites (tertiary alicyclic amines) is 1. The van der Waals surface area contributed by atoms with Gasteiger partial charge >= 0.3 is 7.12 Å². The second-order valence-corrected chi connectivity index (χ2v) is 12.0. The molecule has 7 nitrogen and oxygen atoms in total. The molecule has 6 rings (SSSR count). The largest absolute Gasteiger partial charge is 0.508 e.